The fourth-order valence-electron chi connectivity index (χ4n) is 2.56. The van der Waals surface area contributed by atoms with Crippen LogP contribution in [-0.4, -0.2) is 11.2 Å². The van der Waals surface area contributed by atoms with Gasteiger partial charge in [-0.15, -0.1) is 0 Å². The fraction of sp³-hybridized carbons (Fsp3) is 0.538. The maximum atomic E-state index is 12.8. The average Bonchev–Trinajstić information content (AvgIpc) is 2.28. The van der Waals surface area contributed by atoms with Crippen molar-refractivity contribution in [3.05, 3.63) is 35.4 Å². The summed E-state index contributed by atoms with van der Waals surface area (Å²) in [5.41, 5.74) is -0.224. The van der Waals surface area contributed by atoms with Crippen molar-refractivity contribution in [1.29, 1.82) is 0 Å². The first-order valence-electron chi connectivity index (χ1n) is 5.82. The summed E-state index contributed by atoms with van der Waals surface area (Å²) in [7, 11) is 0. The van der Waals surface area contributed by atoms with Crippen LogP contribution in [0.5, 0.6) is 0 Å². The summed E-state index contributed by atoms with van der Waals surface area (Å²) in [4.78, 5) is 0. The Morgan fingerprint density at radius 2 is 1.82 bits per heavy atom. The number of hydrogen-bond donors (Lipinski definition) is 1. The highest BCUT2D eigenvalue weighted by Gasteiger charge is 2.35. The van der Waals surface area contributed by atoms with Crippen LogP contribution < -0.4 is 0 Å². The topological polar surface area (TPSA) is 20.2 Å². The molecule has 0 aromatic heterocycles. The van der Waals surface area contributed by atoms with Crippen LogP contribution in [0.25, 0.3) is 0 Å². The predicted molar refractivity (Wildman–Crippen MR) is 58.7 cm³/mol. The van der Waals surface area contributed by atoms with Crippen molar-refractivity contribution in [1.82, 2.24) is 0 Å². The Kier molecular flexibility index (Phi) is 3.43. The molecule has 0 saturated heterocycles. The molecule has 0 radical (unpaired) electrons. The van der Waals surface area contributed by atoms with E-state index in [1.54, 1.807) is 6.07 Å². The van der Waals surface area contributed by atoms with E-state index >= 15 is 0 Å². The number of benzene rings is 1. The first-order chi connectivity index (χ1) is 7.98. The van der Waals surface area contributed by atoms with Gasteiger partial charge in [-0.3, -0.25) is 0 Å². The molecule has 1 aliphatic rings. The van der Waals surface area contributed by atoms with Crippen molar-refractivity contribution in [3.8, 4) is 0 Å². The third-order valence-corrected chi connectivity index (χ3v) is 3.35. The lowest BCUT2D eigenvalue weighted by Crippen LogP contribution is -2.20. The molecule has 94 valence electrons. The summed E-state index contributed by atoms with van der Waals surface area (Å²) in [5.74, 6) is -0.170. The maximum Gasteiger partial charge on any atom is 0.416 e. The minimum Gasteiger partial charge on any atom is -0.393 e. The molecule has 0 bridgehead atoms. The molecular weight excluding hydrogens is 229 g/mol. The van der Waals surface area contributed by atoms with E-state index in [9.17, 15) is 18.3 Å². The molecule has 1 fully saturated rings. The zero-order valence-electron chi connectivity index (χ0n) is 9.37. The molecule has 0 heterocycles. The molecule has 0 amide bonds. The van der Waals surface area contributed by atoms with Gasteiger partial charge in [0.05, 0.1) is 11.7 Å². The molecule has 4 heteroatoms. The van der Waals surface area contributed by atoms with Crippen molar-refractivity contribution >= 4 is 0 Å². The molecule has 1 saturated carbocycles. The van der Waals surface area contributed by atoms with Crippen LogP contribution in [0.15, 0.2) is 24.3 Å². The van der Waals surface area contributed by atoms with Gasteiger partial charge in [-0.2, -0.15) is 13.2 Å². The first-order valence-corrected chi connectivity index (χ1v) is 5.82. The Bertz CT molecular complexity index is 386. The zero-order valence-corrected chi connectivity index (χ0v) is 9.37. The molecule has 1 aromatic carbocycles. The van der Waals surface area contributed by atoms with E-state index in [-0.39, 0.29) is 5.92 Å². The average molecular weight is 244 g/mol. The van der Waals surface area contributed by atoms with E-state index in [1.807, 2.05) is 0 Å². The summed E-state index contributed by atoms with van der Waals surface area (Å²) in [5, 5.41) is 9.55. The van der Waals surface area contributed by atoms with Crippen LogP contribution >= 0.6 is 0 Å². The molecule has 2 atom stereocenters. The van der Waals surface area contributed by atoms with Gasteiger partial charge in [-0.1, -0.05) is 24.6 Å². The van der Waals surface area contributed by atoms with E-state index in [4.69, 9.17) is 0 Å². The number of halogens is 3. The standard InChI is InChI=1S/C13H15F3O/c14-13(15,16)12-7-2-1-6-11(12)9-4-3-5-10(17)8-9/h1-2,6-7,9-10,17H,3-5,8H2/t9-,10+/m1/s1. The highest BCUT2D eigenvalue weighted by atomic mass is 19.4. The van der Waals surface area contributed by atoms with Crippen molar-refractivity contribution in [3.63, 3.8) is 0 Å². The summed E-state index contributed by atoms with van der Waals surface area (Å²) in [6.45, 7) is 0. The second-order valence-electron chi connectivity index (χ2n) is 4.60. The maximum absolute atomic E-state index is 12.8. The number of aliphatic hydroxyl groups is 1. The monoisotopic (exact) mass is 244 g/mol. The van der Waals surface area contributed by atoms with E-state index in [2.05, 4.69) is 0 Å². The van der Waals surface area contributed by atoms with Crippen molar-refractivity contribution in [2.45, 2.75) is 43.9 Å². The van der Waals surface area contributed by atoms with Crippen LogP contribution in [0.4, 0.5) is 13.2 Å². The Morgan fingerprint density at radius 1 is 1.12 bits per heavy atom. The Balaban J connectivity index is 2.31. The molecule has 0 spiro atoms. The molecule has 17 heavy (non-hydrogen) atoms. The molecule has 0 unspecified atom stereocenters. The van der Waals surface area contributed by atoms with Gasteiger partial charge in [-0.05, 0) is 36.8 Å². The lowest BCUT2D eigenvalue weighted by atomic mass is 9.80. The normalized spacial score (nSPS) is 25.9. The molecular formula is C13H15F3O. The van der Waals surface area contributed by atoms with Gasteiger partial charge in [0, 0.05) is 0 Å². The van der Waals surface area contributed by atoms with E-state index < -0.39 is 17.8 Å². The molecule has 2 rings (SSSR count). The van der Waals surface area contributed by atoms with Gasteiger partial charge in [0.25, 0.3) is 0 Å². The Morgan fingerprint density at radius 3 is 2.47 bits per heavy atom. The lowest BCUT2D eigenvalue weighted by molar-refractivity contribution is -0.138. The molecule has 0 aliphatic heterocycles. The zero-order chi connectivity index (χ0) is 12.5. The van der Waals surface area contributed by atoms with Gasteiger partial charge >= 0.3 is 6.18 Å². The van der Waals surface area contributed by atoms with Gasteiger partial charge in [-0.25, -0.2) is 0 Å². The number of rotatable bonds is 1. The predicted octanol–water partition coefficient (Wildman–Crippen LogP) is 3.72. The Hall–Kier alpha value is -1.03. The van der Waals surface area contributed by atoms with Crippen molar-refractivity contribution < 1.29 is 18.3 Å². The number of aliphatic hydroxyl groups excluding tert-OH is 1. The highest BCUT2D eigenvalue weighted by molar-refractivity contribution is 5.33. The van der Waals surface area contributed by atoms with Crippen LogP contribution in [0.1, 0.15) is 42.7 Å². The second-order valence-corrected chi connectivity index (χ2v) is 4.60. The van der Waals surface area contributed by atoms with Crippen LogP contribution in [0.3, 0.4) is 0 Å². The fourth-order valence-corrected chi connectivity index (χ4v) is 2.56. The number of hydrogen-bond acceptors (Lipinski definition) is 1. The third kappa shape index (κ3) is 2.80. The Labute approximate surface area is 98.3 Å². The van der Waals surface area contributed by atoms with Crippen LogP contribution in [0.2, 0.25) is 0 Å². The van der Waals surface area contributed by atoms with Crippen molar-refractivity contribution in [2.75, 3.05) is 0 Å². The van der Waals surface area contributed by atoms with Crippen molar-refractivity contribution in [2.24, 2.45) is 0 Å². The molecule has 1 aromatic rings. The van der Waals surface area contributed by atoms with E-state index in [0.29, 0.717) is 18.4 Å². The molecule has 1 aliphatic carbocycles. The molecule has 1 nitrogen and oxygen atoms in total. The highest BCUT2D eigenvalue weighted by Crippen LogP contribution is 2.40. The van der Waals surface area contributed by atoms with E-state index in [1.165, 1.54) is 12.1 Å². The quantitative estimate of drug-likeness (QED) is 0.798. The molecule has 1 N–H and O–H groups in total. The van der Waals surface area contributed by atoms with Crippen LogP contribution in [-0.2, 0) is 6.18 Å². The minimum atomic E-state index is -4.31. The summed E-state index contributed by atoms with van der Waals surface area (Å²) < 4.78 is 38.5. The van der Waals surface area contributed by atoms with Gasteiger partial charge < -0.3 is 5.11 Å². The van der Waals surface area contributed by atoms with Gasteiger partial charge in [0.15, 0.2) is 0 Å². The SMILES string of the molecule is O[C@H]1CCC[C@@H](c2ccccc2C(F)(F)F)C1. The number of alkyl halides is 3. The second kappa shape index (κ2) is 4.69. The van der Waals surface area contributed by atoms with Gasteiger partial charge in [0.1, 0.15) is 0 Å². The van der Waals surface area contributed by atoms with Crippen LogP contribution in [0, 0.1) is 0 Å². The first kappa shape index (κ1) is 12.4. The minimum absolute atomic E-state index is 0.170. The smallest absolute Gasteiger partial charge is 0.393 e. The van der Waals surface area contributed by atoms with E-state index in [0.717, 1.165) is 18.9 Å². The largest absolute Gasteiger partial charge is 0.416 e. The third-order valence-electron chi connectivity index (χ3n) is 3.35. The summed E-state index contributed by atoms with van der Waals surface area (Å²) in [6, 6.07) is 5.69. The summed E-state index contributed by atoms with van der Waals surface area (Å²) in [6.07, 6.45) is -2.12. The van der Waals surface area contributed by atoms with Gasteiger partial charge in [0.2, 0.25) is 0 Å². The summed E-state index contributed by atoms with van der Waals surface area (Å²) >= 11 is 0. The lowest BCUT2D eigenvalue weighted by Gasteiger charge is -2.28.